The van der Waals surface area contributed by atoms with Crippen LogP contribution in [0.3, 0.4) is 0 Å². The number of halogens is 2. The zero-order valence-corrected chi connectivity index (χ0v) is 11.6. The molecule has 2 rings (SSSR count). The van der Waals surface area contributed by atoms with E-state index in [1.165, 1.54) is 6.07 Å². The van der Waals surface area contributed by atoms with Gasteiger partial charge in [-0.1, -0.05) is 37.9 Å². The van der Waals surface area contributed by atoms with E-state index in [9.17, 15) is 9.50 Å². The Morgan fingerprint density at radius 1 is 1.28 bits per heavy atom. The summed E-state index contributed by atoms with van der Waals surface area (Å²) >= 11 is 6.01. The van der Waals surface area contributed by atoms with Gasteiger partial charge in [-0.15, -0.1) is 0 Å². The quantitative estimate of drug-likeness (QED) is 0.834. The van der Waals surface area contributed by atoms with Crippen LogP contribution in [-0.2, 0) is 0 Å². The second kappa shape index (κ2) is 5.58. The Morgan fingerprint density at radius 2 is 2.00 bits per heavy atom. The molecule has 1 fully saturated rings. The van der Waals surface area contributed by atoms with Crippen molar-refractivity contribution in [2.45, 2.75) is 39.2 Å². The molecule has 0 radical (unpaired) electrons. The molecule has 0 bridgehead atoms. The number of aliphatic hydroxyl groups excluding tert-OH is 1. The lowest BCUT2D eigenvalue weighted by atomic mass is 9.73. The summed E-state index contributed by atoms with van der Waals surface area (Å²) in [6.07, 6.45) is 2.19. The third kappa shape index (κ3) is 2.70. The average Bonchev–Trinajstić information content (AvgIpc) is 2.32. The maximum atomic E-state index is 13.8. The Bertz CT molecular complexity index is 401. The summed E-state index contributed by atoms with van der Waals surface area (Å²) in [4.78, 5) is 0. The Kier molecular flexibility index (Phi) is 4.29. The van der Waals surface area contributed by atoms with Crippen molar-refractivity contribution in [1.82, 2.24) is 0 Å². The molecule has 1 aliphatic carbocycles. The Morgan fingerprint density at radius 3 is 2.61 bits per heavy atom. The lowest BCUT2D eigenvalue weighted by Crippen LogP contribution is -2.25. The minimum absolute atomic E-state index is 0.116. The van der Waals surface area contributed by atoms with Crippen molar-refractivity contribution < 1.29 is 9.50 Å². The summed E-state index contributed by atoms with van der Waals surface area (Å²) in [5.74, 6) is 0.973. The molecule has 100 valence electrons. The van der Waals surface area contributed by atoms with Gasteiger partial charge >= 0.3 is 0 Å². The van der Waals surface area contributed by atoms with E-state index < -0.39 is 11.9 Å². The summed E-state index contributed by atoms with van der Waals surface area (Å²) in [5.41, 5.74) is 0.269. The van der Waals surface area contributed by atoms with E-state index in [-0.39, 0.29) is 11.5 Å². The normalized spacial score (nSPS) is 30.2. The third-order valence-electron chi connectivity index (χ3n) is 4.38. The van der Waals surface area contributed by atoms with Crippen LogP contribution in [0.4, 0.5) is 4.39 Å². The molecule has 0 amide bonds. The van der Waals surface area contributed by atoms with Crippen molar-refractivity contribution in [3.63, 3.8) is 0 Å². The van der Waals surface area contributed by atoms with E-state index >= 15 is 0 Å². The number of benzene rings is 1. The highest BCUT2D eigenvalue weighted by atomic mass is 35.5. The Labute approximate surface area is 113 Å². The smallest absolute Gasteiger partial charge is 0.130 e. The molecule has 1 nitrogen and oxygen atoms in total. The predicted molar refractivity (Wildman–Crippen MR) is 72.0 cm³/mol. The van der Waals surface area contributed by atoms with Gasteiger partial charge in [-0.3, -0.25) is 0 Å². The second-order valence-corrected chi connectivity index (χ2v) is 6.02. The van der Waals surface area contributed by atoms with Crippen molar-refractivity contribution in [2.75, 3.05) is 0 Å². The van der Waals surface area contributed by atoms with Crippen molar-refractivity contribution >= 4 is 11.6 Å². The zero-order chi connectivity index (χ0) is 13.3. The van der Waals surface area contributed by atoms with Crippen LogP contribution in [-0.4, -0.2) is 5.11 Å². The summed E-state index contributed by atoms with van der Waals surface area (Å²) in [6, 6.07) is 4.57. The van der Waals surface area contributed by atoms with E-state index in [0.717, 1.165) is 19.3 Å². The molecule has 1 aliphatic rings. The van der Waals surface area contributed by atoms with E-state index in [1.807, 2.05) is 0 Å². The molecular weight excluding hydrogens is 251 g/mol. The second-order valence-electron chi connectivity index (χ2n) is 5.61. The molecule has 3 heteroatoms. The van der Waals surface area contributed by atoms with Crippen LogP contribution in [0.2, 0.25) is 5.02 Å². The maximum Gasteiger partial charge on any atom is 0.130 e. The van der Waals surface area contributed by atoms with Crippen LogP contribution >= 0.6 is 11.6 Å². The molecule has 0 saturated heterocycles. The maximum absolute atomic E-state index is 13.8. The summed E-state index contributed by atoms with van der Waals surface area (Å²) in [6.45, 7) is 4.44. The molecule has 1 aromatic rings. The Balaban J connectivity index is 2.19. The van der Waals surface area contributed by atoms with Gasteiger partial charge in [0.05, 0.1) is 6.10 Å². The first-order valence-corrected chi connectivity index (χ1v) is 7.00. The monoisotopic (exact) mass is 270 g/mol. The van der Waals surface area contributed by atoms with E-state index in [2.05, 4.69) is 13.8 Å². The molecule has 0 aliphatic heterocycles. The van der Waals surface area contributed by atoms with Crippen molar-refractivity contribution in [2.24, 2.45) is 17.8 Å². The molecule has 0 aromatic heterocycles. The van der Waals surface area contributed by atoms with E-state index in [4.69, 9.17) is 11.6 Å². The molecular formula is C15H20ClFO. The number of hydrogen-bond donors (Lipinski definition) is 1. The largest absolute Gasteiger partial charge is 0.388 e. The molecule has 0 spiro atoms. The Hall–Kier alpha value is -0.600. The molecule has 1 N–H and O–H groups in total. The average molecular weight is 271 g/mol. The van der Waals surface area contributed by atoms with Gasteiger partial charge < -0.3 is 5.11 Å². The topological polar surface area (TPSA) is 20.2 Å². The third-order valence-corrected chi connectivity index (χ3v) is 4.71. The van der Waals surface area contributed by atoms with E-state index in [0.29, 0.717) is 16.9 Å². The number of rotatable bonds is 2. The van der Waals surface area contributed by atoms with Gasteiger partial charge in [0.25, 0.3) is 0 Å². The lowest BCUT2D eigenvalue weighted by molar-refractivity contribution is 0.0537. The molecule has 4 unspecified atom stereocenters. The number of hydrogen-bond acceptors (Lipinski definition) is 1. The first-order valence-electron chi connectivity index (χ1n) is 6.62. The van der Waals surface area contributed by atoms with Gasteiger partial charge in [-0.25, -0.2) is 4.39 Å². The summed E-state index contributed by atoms with van der Waals surface area (Å²) in [7, 11) is 0. The van der Waals surface area contributed by atoms with Gasteiger partial charge in [0.2, 0.25) is 0 Å². The van der Waals surface area contributed by atoms with Crippen LogP contribution in [0.1, 0.15) is 44.8 Å². The van der Waals surface area contributed by atoms with E-state index in [1.54, 1.807) is 12.1 Å². The van der Waals surface area contributed by atoms with Crippen LogP contribution in [0.15, 0.2) is 18.2 Å². The van der Waals surface area contributed by atoms with Crippen LogP contribution in [0.25, 0.3) is 0 Å². The molecule has 0 heterocycles. The van der Waals surface area contributed by atoms with Crippen molar-refractivity contribution in [3.8, 4) is 0 Å². The SMILES string of the molecule is CC1CCC(C(O)c2c(F)cccc2Cl)CC1C. The van der Waals surface area contributed by atoms with Crippen molar-refractivity contribution in [1.29, 1.82) is 0 Å². The van der Waals surface area contributed by atoms with Crippen LogP contribution in [0.5, 0.6) is 0 Å². The minimum atomic E-state index is -0.784. The van der Waals surface area contributed by atoms with Gasteiger partial charge in [-0.2, -0.15) is 0 Å². The van der Waals surface area contributed by atoms with Crippen LogP contribution < -0.4 is 0 Å². The first-order chi connectivity index (χ1) is 8.50. The first kappa shape index (κ1) is 13.8. The van der Waals surface area contributed by atoms with Gasteiger partial charge in [0, 0.05) is 10.6 Å². The minimum Gasteiger partial charge on any atom is -0.388 e. The fourth-order valence-corrected chi connectivity index (χ4v) is 3.18. The van der Waals surface area contributed by atoms with Gasteiger partial charge in [0.1, 0.15) is 5.82 Å². The highest BCUT2D eigenvalue weighted by Gasteiger charge is 2.32. The molecule has 18 heavy (non-hydrogen) atoms. The van der Waals surface area contributed by atoms with Crippen LogP contribution in [0, 0.1) is 23.6 Å². The predicted octanol–water partition coefficient (Wildman–Crippen LogP) is 4.58. The van der Waals surface area contributed by atoms with Gasteiger partial charge in [0.15, 0.2) is 0 Å². The molecule has 4 atom stereocenters. The van der Waals surface area contributed by atoms with Gasteiger partial charge in [-0.05, 0) is 42.7 Å². The lowest BCUT2D eigenvalue weighted by Gasteiger charge is -2.35. The highest BCUT2D eigenvalue weighted by molar-refractivity contribution is 6.31. The molecule has 1 aromatic carbocycles. The fourth-order valence-electron chi connectivity index (χ4n) is 2.90. The molecule has 1 saturated carbocycles. The van der Waals surface area contributed by atoms with Crippen molar-refractivity contribution in [3.05, 3.63) is 34.6 Å². The fraction of sp³-hybridized carbons (Fsp3) is 0.600. The standard InChI is InChI=1S/C15H20ClFO/c1-9-6-7-11(8-10(9)2)15(18)14-12(16)4-3-5-13(14)17/h3-5,9-11,15,18H,6-8H2,1-2H3. The summed E-state index contributed by atoms with van der Waals surface area (Å²) in [5, 5.41) is 10.7. The number of aliphatic hydroxyl groups is 1. The highest BCUT2D eigenvalue weighted by Crippen LogP contribution is 2.41. The zero-order valence-electron chi connectivity index (χ0n) is 10.9. The summed E-state index contributed by atoms with van der Waals surface area (Å²) < 4.78 is 13.8.